The topological polar surface area (TPSA) is 55.9 Å². The summed E-state index contributed by atoms with van der Waals surface area (Å²) in [6.45, 7) is 4.66. The number of piperidine rings is 2. The molecule has 0 aromatic heterocycles. The summed E-state index contributed by atoms with van der Waals surface area (Å²) >= 11 is 0. The fraction of sp³-hybridized carbons (Fsp3) is 0.619. The van der Waals surface area contributed by atoms with Gasteiger partial charge in [-0.15, -0.1) is 0 Å². The number of benzene rings is 1. The molecule has 0 radical (unpaired) electrons. The van der Waals surface area contributed by atoms with Gasteiger partial charge in [-0.05, 0) is 44.3 Å². The molecule has 6 heteroatoms. The van der Waals surface area contributed by atoms with Gasteiger partial charge in [0.25, 0.3) is 0 Å². The highest BCUT2D eigenvalue weighted by atomic mass is 16.2. The molecule has 1 N–H and O–H groups in total. The zero-order valence-corrected chi connectivity index (χ0v) is 16.6. The Morgan fingerprint density at radius 2 is 1.85 bits per heavy atom. The van der Waals surface area contributed by atoms with E-state index in [-0.39, 0.29) is 17.4 Å². The summed E-state index contributed by atoms with van der Waals surface area (Å²) in [6.07, 6.45) is 3.58. The van der Waals surface area contributed by atoms with Crippen LogP contribution in [0.3, 0.4) is 0 Å². The first-order valence-corrected chi connectivity index (χ1v) is 9.97. The van der Waals surface area contributed by atoms with Gasteiger partial charge in [-0.1, -0.05) is 30.3 Å². The predicted molar refractivity (Wildman–Crippen MR) is 106 cm³/mol. The van der Waals surface area contributed by atoms with Crippen molar-refractivity contribution in [2.45, 2.75) is 32.2 Å². The van der Waals surface area contributed by atoms with E-state index < -0.39 is 0 Å². The van der Waals surface area contributed by atoms with Crippen LogP contribution in [-0.2, 0) is 11.3 Å². The molecule has 2 fully saturated rings. The third-order valence-electron chi connectivity index (χ3n) is 5.96. The normalized spacial score (nSPS) is 19.6. The highest BCUT2D eigenvalue weighted by Gasteiger charge is 2.41. The van der Waals surface area contributed by atoms with Gasteiger partial charge in [0.2, 0.25) is 5.91 Å². The second-order valence-corrected chi connectivity index (χ2v) is 8.25. The first kappa shape index (κ1) is 19.7. The first-order chi connectivity index (χ1) is 13.0. The molecule has 1 aromatic carbocycles. The van der Waals surface area contributed by atoms with E-state index in [1.807, 2.05) is 54.2 Å². The fourth-order valence-corrected chi connectivity index (χ4v) is 4.10. The maximum atomic E-state index is 12.5. The number of hydrogen-bond acceptors (Lipinski definition) is 3. The molecule has 2 heterocycles. The molecule has 3 rings (SSSR count). The van der Waals surface area contributed by atoms with Gasteiger partial charge in [-0.2, -0.15) is 0 Å². The molecule has 2 saturated heterocycles. The van der Waals surface area contributed by atoms with Gasteiger partial charge in [0.15, 0.2) is 0 Å². The number of carbonyl (C=O) groups is 2. The zero-order valence-electron chi connectivity index (χ0n) is 16.6. The SMILES string of the molecule is CN(C)CCN1CC2(CCC1=O)CCN(C(=O)NCc1ccccc1)CC2. The number of urea groups is 1. The molecule has 0 atom stereocenters. The van der Waals surface area contributed by atoms with E-state index in [0.717, 1.165) is 57.5 Å². The van der Waals surface area contributed by atoms with Gasteiger partial charge in [0, 0.05) is 45.7 Å². The van der Waals surface area contributed by atoms with E-state index in [2.05, 4.69) is 10.2 Å². The maximum absolute atomic E-state index is 12.5. The highest BCUT2D eigenvalue weighted by Crippen LogP contribution is 2.40. The summed E-state index contributed by atoms with van der Waals surface area (Å²) in [5, 5.41) is 3.03. The number of carbonyl (C=O) groups excluding carboxylic acids is 2. The lowest BCUT2D eigenvalue weighted by atomic mass is 9.72. The Kier molecular flexibility index (Phi) is 6.37. The molecule has 0 saturated carbocycles. The summed E-state index contributed by atoms with van der Waals surface area (Å²) in [6, 6.07) is 10.0. The Hall–Kier alpha value is -2.08. The third kappa shape index (κ3) is 5.22. The number of likely N-dealkylation sites (N-methyl/N-ethyl adjacent to an activating group) is 1. The summed E-state index contributed by atoms with van der Waals surface area (Å²) in [5.74, 6) is 0.283. The number of nitrogens with zero attached hydrogens (tertiary/aromatic N) is 3. The van der Waals surface area contributed by atoms with Crippen molar-refractivity contribution in [3.05, 3.63) is 35.9 Å². The van der Waals surface area contributed by atoms with E-state index in [1.165, 1.54) is 0 Å². The molecule has 2 aliphatic heterocycles. The largest absolute Gasteiger partial charge is 0.341 e. The van der Waals surface area contributed by atoms with Crippen LogP contribution in [0.4, 0.5) is 4.79 Å². The molecule has 1 aromatic rings. The van der Waals surface area contributed by atoms with Gasteiger partial charge < -0.3 is 20.0 Å². The lowest BCUT2D eigenvalue weighted by Gasteiger charge is -2.47. The monoisotopic (exact) mass is 372 g/mol. The Morgan fingerprint density at radius 1 is 1.15 bits per heavy atom. The Bertz CT molecular complexity index is 639. The van der Waals surface area contributed by atoms with Crippen LogP contribution in [0.1, 0.15) is 31.2 Å². The van der Waals surface area contributed by atoms with E-state index >= 15 is 0 Å². The smallest absolute Gasteiger partial charge is 0.317 e. The molecular formula is C21H32N4O2. The maximum Gasteiger partial charge on any atom is 0.317 e. The standard InChI is InChI=1S/C21H32N4O2/c1-23(2)14-15-25-17-21(9-8-19(25)26)10-12-24(13-11-21)20(27)22-16-18-6-4-3-5-7-18/h3-7H,8-17H2,1-2H3,(H,22,27). The van der Waals surface area contributed by atoms with Crippen molar-refractivity contribution < 1.29 is 9.59 Å². The van der Waals surface area contributed by atoms with Crippen LogP contribution in [0.2, 0.25) is 0 Å². The average Bonchev–Trinajstić information content (AvgIpc) is 2.68. The van der Waals surface area contributed by atoms with Crippen LogP contribution in [0.25, 0.3) is 0 Å². The summed E-state index contributed by atoms with van der Waals surface area (Å²) in [5.41, 5.74) is 1.30. The van der Waals surface area contributed by atoms with Crippen molar-refractivity contribution >= 4 is 11.9 Å². The number of likely N-dealkylation sites (tertiary alicyclic amines) is 2. The van der Waals surface area contributed by atoms with E-state index in [0.29, 0.717) is 13.0 Å². The Balaban J connectivity index is 1.48. The van der Waals surface area contributed by atoms with Crippen molar-refractivity contribution in [2.24, 2.45) is 5.41 Å². The molecule has 0 unspecified atom stereocenters. The first-order valence-electron chi connectivity index (χ1n) is 9.97. The third-order valence-corrected chi connectivity index (χ3v) is 5.96. The van der Waals surface area contributed by atoms with E-state index in [9.17, 15) is 9.59 Å². The second-order valence-electron chi connectivity index (χ2n) is 8.25. The van der Waals surface area contributed by atoms with Crippen LogP contribution in [0, 0.1) is 5.41 Å². The minimum absolute atomic E-state index is 0.0186. The molecule has 6 nitrogen and oxygen atoms in total. The molecule has 148 valence electrons. The minimum atomic E-state index is 0.0186. The summed E-state index contributed by atoms with van der Waals surface area (Å²) < 4.78 is 0. The molecule has 0 bridgehead atoms. The number of rotatable bonds is 5. The molecule has 0 aliphatic carbocycles. The molecular weight excluding hydrogens is 340 g/mol. The van der Waals surface area contributed by atoms with Crippen molar-refractivity contribution in [1.82, 2.24) is 20.0 Å². The quantitative estimate of drug-likeness (QED) is 0.862. The van der Waals surface area contributed by atoms with Gasteiger partial charge in [-0.25, -0.2) is 4.79 Å². The van der Waals surface area contributed by atoms with Gasteiger partial charge in [-0.3, -0.25) is 4.79 Å². The van der Waals surface area contributed by atoms with Crippen LogP contribution in [-0.4, -0.2) is 73.5 Å². The highest BCUT2D eigenvalue weighted by molar-refractivity contribution is 5.77. The number of nitrogens with one attached hydrogen (secondary N) is 1. The lowest BCUT2D eigenvalue weighted by molar-refractivity contribution is -0.139. The lowest BCUT2D eigenvalue weighted by Crippen LogP contribution is -2.54. The van der Waals surface area contributed by atoms with Crippen molar-refractivity contribution in [2.75, 3.05) is 46.8 Å². The van der Waals surface area contributed by atoms with Crippen LogP contribution in [0.15, 0.2) is 30.3 Å². The molecule has 3 amide bonds. The van der Waals surface area contributed by atoms with Gasteiger partial charge in [0.05, 0.1) is 0 Å². The van der Waals surface area contributed by atoms with Crippen molar-refractivity contribution in [1.29, 1.82) is 0 Å². The van der Waals surface area contributed by atoms with Crippen LogP contribution >= 0.6 is 0 Å². The Morgan fingerprint density at radius 3 is 2.52 bits per heavy atom. The molecule has 27 heavy (non-hydrogen) atoms. The van der Waals surface area contributed by atoms with Crippen LogP contribution in [0.5, 0.6) is 0 Å². The van der Waals surface area contributed by atoms with Crippen molar-refractivity contribution in [3.63, 3.8) is 0 Å². The van der Waals surface area contributed by atoms with E-state index in [4.69, 9.17) is 0 Å². The Labute approximate surface area is 162 Å². The molecule has 1 spiro atoms. The summed E-state index contributed by atoms with van der Waals surface area (Å²) in [7, 11) is 4.08. The fourth-order valence-electron chi connectivity index (χ4n) is 4.10. The predicted octanol–water partition coefficient (Wildman–Crippen LogP) is 2.16. The van der Waals surface area contributed by atoms with Crippen LogP contribution < -0.4 is 5.32 Å². The van der Waals surface area contributed by atoms with Gasteiger partial charge in [0.1, 0.15) is 0 Å². The summed E-state index contributed by atoms with van der Waals surface area (Å²) in [4.78, 5) is 30.8. The number of hydrogen-bond donors (Lipinski definition) is 1. The average molecular weight is 373 g/mol. The zero-order chi connectivity index (χ0) is 19.3. The van der Waals surface area contributed by atoms with Gasteiger partial charge >= 0.3 is 6.03 Å². The van der Waals surface area contributed by atoms with E-state index in [1.54, 1.807) is 0 Å². The second kappa shape index (κ2) is 8.74. The minimum Gasteiger partial charge on any atom is -0.341 e. The number of amides is 3. The molecule has 2 aliphatic rings. The van der Waals surface area contributed by atoms with Crippen molar-refractivity contribution in [3.8, 4) is 0 Å².